The molecular weight excluding hydrogens is 334 g/mol. The maximum atomic E-state index is 12.8. The van der Waals surface area contributed by atoms with Crippen LogP contribution in [0.1, 0.15) is 54.3 Å². The van der Waals surface area contributed by atoms with Gasteiger partial charge in [0, 0.05) is 5.56 Å². The zero-order valence-electron chi connectivity index (χ0n) is 18.2. The van der Waals surface area contributed by atoms with Crippen molar-refractivity contribution in [1.29, 1.82) is 0 Å². The second kappa shape index (κ2) is 10.3. The normalized spacial score (nSPS) is 11.0. The van der Waals surface area contributed by atoms with Crippen molar-refractivity contribution in [2.45, 2.75) is 48.0 Å². The minimum absolute atomic E-state index is 0. The standard InChI is InChI=1S/C22H29O2P.Li.H/c1-14(2)11-12-24-19-7-9-20(10-8-19)25-22(23)21-16(4)13-15(3)17(5)18(21)6;;/h7-10,13-14,25H,11-12H2,1-6H3;;/q;+1;-1. The Morgan fingerprint density at radius 1 is 1.04 bits per heavy atom. The summed E-state index contributed by atoms with van der Waals surface area (Å²) in [5.41, 5.74) is 5.76. The van der Waals surface area contributed by atoms with Crippen molar-refractivity contribution in [3.63, 3.8) is 0 Å². The Bertz CT molecular complexity index is 758. The van der Waals surface area contributed by atoms with Gasteiger partial charge >= 0.3 is 18.9 Å². The summed E-state index contributed by atoms with van der Waals surface area (Å²) in [5, 5.41) is 1.05. The van der Waals surface area contributed by atoms with Gasteiger partial charge < -0.3 is 6.16 Å². The van der Waals surface area contributed by atoms with Gasteiger partial charge in [-0.25, -0.2) is 0 Å². The molecule has 136 valence electrons. The second-order valence-corrected chi connectivity index (χ2v) is 8.43. The van der Waals surface area contributed by atoms with Crippen LogP contribution >= 0.6 is 8.58 Å². The van der Waals surface area contributed by atoms with Gasteiger partial charge in [0.05, 0.1) is 6.61 Å². The number of ether oxygens (including phenoxy) is 1. The zero-order valence-corrected chi connectivity index (χ0v) is 18.2. The molecule has 1 atom stereocenters. The fourth-order valence-corrected chi connectivity index (χ4v) is 3.98. The molecular formula is C22H30LiO2P. The minimum Gasteiger partial charge on any atom is -1.00 e. The molecule has 26 heavy (non-hydrogen) atoms. The molecule has 0 aliphatic heterocycles. The number of rotatable bonds is 7. The van der Waals surface area contributed by atoms with Crippen molar-refractivity contribution in [1.82, 2.24) is 0 Å². The molecule has 0 aliphatic rings. The smallest absolute Gasteiger partial charge is 1.00 e. The first-order chi connectivity index (χ1) is 11.8. The van der Waals surface area contributed by atoms with Gasteiger partial charge in [0.2, 0.25) is 0 Å². The SMILES string of the molecule is Cc1cc(C)c(C(=O)Pc2ccc(OCCC(C)C)cc2)c(C)c1C.[H-].[Li+]. The summed E-state index contributed by atoms with van der Waals surface area (Å²) in [6.07, 6.45) is 1.05. The van der Waals surface area contributed by atoms with Gasteiger partial charge in [0.25, 0.3) is 0 Å². The Hall–Kier alpha value is -1.06. The maximum Gasteiger partial charge on any atom is 1.00 e. The van der Waals surface area contributed by atoms with Gasteiger partial charge in [-0.1, -0.05) is 32.0 Å². The van der Waals surface area contributed by atoms with E-state index in [9.17, 15) is 4.79 Å². The number of aryl methyl sites for hydroxylation is 2. The Kier molecular flexibility index (Phi) is 9.12. The zero-order chi connectivity index (χ0) is 18.6. The van der Waals surface area contributed by atoms with E-state index < -0.39 is 0 Å². The number of hydrogen-bond acceptors (Lipinski definition) is 2. The molecule has 2 nitrogen and oxygen atoms in total. The molecule has 0 heterocycles. The quantitative estimate of drug-likeness (QED) is 0.558. The predicted molar refractivity (Wildman–Crippen MR) is 110 cm³/mol. The van der Waals surface area contributed by atoms with Crippen LogP contribution in [-0.4, -0.2) is 12.1 Å². The monoisotopic (exact) mass is 364 g/mol. The van der Waals surface area contributed by atoms with E-state index in [2.05, 4.69) is 40.7 Å². The van der Waals surface area contributed by atoms with Crippen LogP contribution in [0.15, 0.2) is 30.3 Å². The van der Waals surface area contributed by atoms with Crippen molar-refractivity contribution in [2.75, 3.05) is 6.61 Å². The molecule has 0 saturated heterocycles. The first-order valence-electron chi connectivity index (χ1n) is 8.91. The third-order valence-electron chi connectivity index (χ3n) is 4.66. The maximum absolute atomic E-state index is 12.8. The van der Waals surface area contributed by atoms with E-state index in [1.165, 1.54) is 11.1 Å². The molecule has 0 saturated carbocycles. The molecule has 2 aromatic carbocycles. The molecule has 0 N–H and O–H groups in total. The van der Waals surface area contributed by atoms with Gasteiger partial charge in [-0.2, -0.15) is 0 Å². The summed E-state index contributed by atoms with van der Waals surface area (Å²) < 4.78 is 5.75. The van der Waals surface area contributed by atoms with Crippen LogP contribution < -0.4 is 28.9 Å². The van der Waals surface area contributed by atoms with E-state index in [1.54, 1.807) is 0 Å². The first-order valence-corrected chi connectivity index (χ1v) is 9.91. The van der Waals surface area contributed by atoms with Gasteiger partial charge in [-0.05, 0) is 88.3 Å². The van der Waals surface area contributed by atoms with Crippen molar-refractivity contribution in [3.8, 4) is 5.75 Å². The minimum atomic E-state index is 0. The Morgan fingerprint density at radius 2 is 1.65 bits per heavy atom. The van der Waals surface area contributed by atoms with Crippen LogP contribution in [0.2, 0.25) is 0 Å². The van der Waals surface area contributed by atoms with E-state index >= 15 is 0 Å². The summed E-state index contributed by atoms with van der Waals surface area (Å²) in [4.78, 5) is 12.8. The summed E-state index contributed by atoms with van der Waals surface area (Å²) in [6, 6.07) is 10.1. The van der Waals surface area contributed by atoms with E-state index in [1.807, 2.05) is 31.2 Å². The molecule has 0 amide bonds. The van der Waals surface area contributed by atoms with E-state index in [0.29, 0.717) is 5.92 Å². The van der Waals surface area contributed by atoms with Crippen LogP contribution in [0.25, 0.3) is 0 Å². The fourth-order valence-electron chi connectivity index (χ4n) is 2.87. The molecule has 4 heteroatoms. The number of benzene rings is 2. The van der Waals surface area contributed by atoms with E-state index in [0.717, 1.165) is 40.8 Å². The van der Waals surface area contributed by atoms with Crippen LogP contribution in [0.4, 0.5) is 0 Å². The molecule has 2 aromatic rings. The average molecular weight is 364 g/mol. The summed E-state index contributed by atoms with van der Waals surface area (Å²) in [7, 11) is 0.142. The van der Waals surface area contributed by atoms with Gasteiger partial charge in [-0.15, -0.1) is 0 Å². The first kappa shape index (κ1) is 23.0. The Labute approximate surface area is 173 Å². The van der Waals surface area contributed by atoms with Crippen LogP contribution in [-0.2, 0) is 0 Å². The Morgan fingerprint density at radius 3 is 2.23 bits per heavy atom. The van der Waals surface area contributed by atoms with Crippen molar-refractivity contribution in [2.24, 2.45) is 5.92 Å². The van der Waals surface area contributed by atoms with Crippen molar-refractivity contribution >= 4 is 19.4 Å². The Balaban J connectivity index is 0.00000338. The number of carbonyl (C=O) groups excluding carboxylic acids is 1. The molecule has 0 bridgehead atoms. The van der Waals surface area contributed by atoms with E-state index in [4.69, 9.17) is 4.74 Å². The third-order valence-corrected chi connectivity index (χ3v) is 5.76. The fraction of sp³-hybridized carbons (Fsp3) is 0.409. The van der Waals surface area contributed by atoms with Gasteiger partial charge in [0.1, 0.15) is 5.75 Å². The van der Waals surface area contributed by atoms with Crippen molar-refractivity contribution < 1.29 is 29.8 Å². The van der Waals surface area contributed by atoms with Crippen LogP contribution in [0.3, 0.4) is 0 Å². The van der Waals surface area contributed by atoms with Gasteiger partial charge in [-0.3, -0.25) is 4.79 Å². The largest absolute Gasteiger partial charge is 1.00 e. The summed E-state index contributed by atoms with van der Waals surface area (Å²) in [6.45, 7) is 13.4. The molecule has 2 rings (SSSR count). The van der Waals surface area contributed by atoms with Crippen LogP contribution in [0.5, 0.6) is 5.75 Å². The molecule has 0 radical (unpaired) electrons. The molecule has 0 spiro atoms. The predicted octanol–water partition coefficient (Wildman–Crippen LogP) is 2.61. The molecule has 0 aromatic heterocycles. The average Bonchev–Trinajstić information content (AvgIpc) is 2.54. The topological polar surface area (TPSA) is 26.3 Å². The molecule has 0 fully saturated rings. The molecule has 0 aliphatic carbocycles. The summed E-state index contributed by atoms with van der Waals surface area (Å²) >= 11 is 0. The van der Waals surface area contributed by atoms with Crippen LogP contribution in [0, 0.1) is 33.6 Å². The second-order valence-electron chi connectivity index (χ2n) is 7.14. The van der Waals surface area contributed by atoms with Crippen molar-refractivity contribution in [3.05, 3.63) is 58.1 Å². The molecule has 1 unspecified atom stereocenters. The summed E-state index contributed by atoms with van der Waals surface area (Å²) in [5.74, 6) is 1.52. The third kappa shape index (κ3) is 5.99. The van der Waals surface area contributed by atoms with E-state index in [-0.39, 0.29) is 34.4 Å². The van der Waals surface area contributed by atoms with Gasteiger partial charge in [0.15, 0.2) is 5.52 Å². The number of hydrogen-bond donors (Lipinski definition) is 0. The number of carbonyl (C=O) groups is 1.